The number of rotatable bonds is 1. The number of nitrogens with zero attached hydrogens (tertiary/aromatic N) is 2. The van der Waals surface area contributed by atoms with Crippen LogP contribution in [0.2, 0.25) is 20.1 Å². The van der Waals surface area contributed by atoms with Gasteiger partial charge in [-0.05, 0) is 27.2 Å². The highest BCUT2D eigenvalue weighted by Crippen LogP contribution is 2.45. The first-order valence-electron chi connectivity index (χ1n) is 8.60. The smallest absolute Gasteiger partial charge is 0.424 e. The monoisotopic (exact) mass is 480 g/mol. The van der Waals surface area contributed by atoms with Gasteiger partial charge >= 0.3 is 6.09 Å². The summed E-state index contributed by atoms with van der Waals surface area (Å²) in [5, 5.41) is -0.0535. The third kappa shape index (κ3) is 3.81. The number of carbonyl (C=O) groups excluding carboxylic acids is 4. The molecular weight excluding hydrogens is 466 g/mol. The van der Waals surface area contributed by atoms with E-state index in [1.807, 2.05) is 0 Å². The standard InChI is InChI=1S/C18H16Cl4N2O5/c1-18(2,3)29-17(28)24-9(25)5-4-8(15(24)26)23-6-7-10(16(23)27)12(20)14(22)13(21)11(7)19/h8H,4-6H2,1-3H3. The molecular formula is C18H16Cl4N2O5. The van der Waals surface area contributed by atoms with Crippen LogP contribution in [0.5, 0.6) is 0 Å². The third-order valence-electron chi connectivity index (χ3n) is 4.51. The molecule has 0 aliphatic carbocycles. The van der Waals surface area contributed by atoms with Gasteiger partial charge in [0.05, 0.1) is 25.7 Å². The molecule has 0 aromatic heterocycles. The minimum absolute atomic E-state index is 0.00673. The van der Waals surface area contributed by atoms with Crippen molar-refractivity contribution in [2.75, 3.05) is 0 Å². The van der Waals surface area contributed by atoms with Gasteiger partial charge in [0.1, 0.15) is 11.6 Å². The molecule has 4 amide bonds. The Labute approximate surface area is 186 Å². The van der Waals surface area contributed by atoms with Gasteiger partial charge in [0, 0.05) is 18.5 Å². The summed E-state index contributed by atoms with van der Waals surface area (Å²) < 4.78 is 5.15. The van der Waals surface area contributed by atoms with Crippen LogP contribution in [0.1, 0.15) is 49.5 Å². The van der Waals surface area contributed by atoms with Crippen LogP contribution in [0, 0.1) is 0 Å². The second kappa shape index (κ2) is 7.61. The van der Waals surface area contributed by atoms with Gasteiger partial charge < -0.3 is 9.64 Å². The maximum Gasteiger partial charge on any atom is 0.424 e. The minimum atomic E-state index is -1.08. The molecule has 29 heavy (non-hydrogen) atoms. The number of likely N-dealkylation sites (tertiary alicyclic amines) is 1. The van der Waals surface area contributed by atoms with E-state index in [9.17, 15) is 19.2 Å². The third-order valence-corrected chi connectivity index (χ3v) is 6.35. The van der Waals surface area contributed by atoms with Crippen LogP contribution in [-0.2, 0) is 20.9 Å². The molecule has 1 aromatic carbocycles. The van der Waals surface area contributed by atoms with Crippen LogP contribution < -0.4 is 0 Å². The molecule has 1 aromatic rings. The largest absolute Gasteiger partial charge is 0.443 e. The van der Waals surface area contributed by atoms with Crippen molar-refractivity contribution < 1.29 is 23.9 Å². The van der Waals surface area contributed by atoms with E-state index in [1.54, 1.807) is 20.8 Å². The van der Waals surface area contributed by atoms with Gasteiger partial charge in [0.15, 0.2) is 0 Å². The lowest BCUT2D eigenvalue weighted by molar-refractivity contribution is -0.150. The fourth-order valence-electron chi connectivity index (χ4n) is 3.24. The van der Waals surface area contributed by atoms with Crippen molar-refractivity contribution in [3.63, 3.8) is 0 Å². The molecule has 0 N–H and O–H groups in total. The van der Waals surface area contributed by atoms with Crippen LogP contribution >= 0.6 is 46.4 Å². The average Bonchev–Trinajstić information content (AvgIpc) is 2.94. The van der Waals surface area contributed by atoms with Crippen molar-refractivity contribution in [3.05, 3.63) is 31.2 Å². The predicted molar refractivity (Wildman–Crippen MR) is 107 cm³/mol. The first-order valence-corrected chi connectivity index (χ1v) is 10.1. The van der Waals surface area contributed by atoms with E-state index in [0.717, 1.165) is 0 Å². The molecule has 1 unspecified atom stereocenters. The van der Waals surface area contributed by atoms with Crippen LogP contribution in [0.15, 0.2) is 0 Å². The normalized spacial score (nSPS) is 19.7. The zero-order chi connectivity index (χ0) is 21.8. The molecule has 0 radical (unpaired) electrons. The number of halogens is 4. The highest BCUT2D eigenvalue weighted by Gasteiger charge is 2.47. The number of benzene rings is 1. The average molecular weight is 482 g/mol. The number of imide groups is 3. The topological polar surface area (TPSA) is 84.0 Å². The van der Waals surface area contributed by atoms with Crippen molar-refractivity contribution >= 4 is 70.2 Å². The molecule has 2 aliphatic rings. The Bertz CT molecular complexity index is 957. The summed E-state index contributed by atoms with van der Waals surface area (Å²) >= 11 is 24.5. The Morgan fingerprint density at radius 3 is 2.17 bits per heavy atom. The zero-order valence-electron chi connectivity index (χ0n) is 15.6. The van der Waals surface area contributed by atoms with Gasteiger partial charge in [-0.15, -0.1) is 0 Å². The number of fused-ring (bicyclic) bond motifs is 1. The van der Waals surface area contributed by atoms with Gasteiger partial charge in [0.25, 0.3) is 11.8 Å². The summed E-state index contributed by atoms with van der Waals surface area (Å²) in [6, 6.07) is -1.06. The Morgan fingerprint density at radius 1 is 1.00 bits per heavy atom. The molecule has 2 aliphatic heterocycles. The molecule has 0 saturated carbocycles. The van der Waals surface area contributed by atoms with Crippen LogP contribution in [-0.4, -0.2) is 45.3 Å². The van der Waals surface area contributed by atoms with Crippen molar-refractivity contribution in [2.45, 2.75) is 51.8 Å². The second-order valence-corrected chi connectivity index (χ2v) is 9.16. The Balaban J connectivity index is 1.93. The van der Waals surface area contributed by atoms with Gasteiger partial charge in [0.2, 0.25) is 5.91 Å². The second-order valence-electron chi connectivity index (χ2n) is 7.64. The van der Waals surface area contributed by atoms with Crippen molar-refractivity contribution in [1.82, 2.24) is 9.80 Å². The maximum atomic E-state index is 13.0. The van der Waals surface area contributed by atoms with Crippen molar-refractivity contribution in [3.8, 4) is 0 Å². The van der Waals surface area contributed by atoms with Gasteiger partial charge in [-0.3, -0.25) is 14.4 Å². The van der Waals surface area contributed by atoms with Crippen LogP contribution in [0.3, 0.4) is 0 Å². The first kappa shape index (κ1) is 22.2. The number of hydrogen-bond acceptors (Lipinski definition) is 5. The molecule has 7 nitrogen and oxygen atoms in total. The summed E-state index contributed by atoms with van der Waals surface area (Å²) in [4.78, 5) is 52.2. The zero-order valence-corrected chi connectivity index (χ0v) is 18.7. The lowest BCUT2D eigenvalue weighted by Crippen LogP contribution is -2.57. The summed E-state index contributed by atoms with van der Waals surface area (Å²) in [7, 11) is 0. The van der Waals surface area contributed by atoms with Gasteiger partial charge in [-0.1, -0.05) is 46.4 Å². The SMILES string of the molecule is CC(C)(C)OC(=O)N1C(=O)CCC(N2Cc3c(Cl)c(Cl)c(Cl)c(Cl)c3C2=O)C1=O. The Hall–Kier alpha value is -1.54. The van der Waals surface area contributed by atoms with Crippen molar-refractivity contribution in [1.29, 1.82) is 0 Å². The highest BCUT2D eigenvalue weighted by molar-refractivity contribution is 6.53. The number of ether oxygens (including phenoxy) is 1. The molecule has 2 heterocycles. The molecule has 1 fully saturated rings. The maximum absolute atomic E-state index is 13.0. The van der Waals surface area contributed by atoms with E-state index >= 15 is 0 Å². The molecule has 156 valence electrons. The fourth-order valence-corrected chi connectivity index (χ4v) is 4.27. The van der Waals surface area contributed by atoms with Crippen LogP contribution in [0.25, 0.3) is 0 Å². The first-order chi connectivity index (χ1) is 13.3. The molecule has 3 rings (SSSR count). The Morgan fingerprint density at radius 2 is 1.59 bits per heavy atom. The Kier molecular flexibility index (Phi) is 5.82. The van der Waals surface area contributed by atoms with E-state index in [2.05, 4.69) is 0 Å². The summed E-state index contributed by atoms with van der Waals surface area (Å²) in [6.07, 6.45) is -1.14. The van der Waals surface area contributed by atoms with Gasteiger partial charge in [-0.25, -0.2) is 4.79 Å². The highest BCUT2D eigenvalue weighted by atomic mass is 35.5. The molecule has 11 heteroatoms. The number of hydrogen-bond donors (Lipinski definition) is 0. The minimum Gasteiger partial charge on any atom is -0.443 e. The van der Waals surface area contributed by atoms with Crippen molar-refractivity contribution in [2.24, 2.45) is 0 Å². The van der Waals surface area contributed by atoms with E-state index in [4.69, 9.17) is 51.1 Å². The van der Waals surface area contributed by atoms with E-state index in [-0.39, 0.29) is 45.0 Å². The molecule has 1 saturated heterocycles. The lowest BCUT2D eigenvalue weighted by atomic mass is 10.0. The summed E-state index contributed by atoms with van der Waals surface area (Å²) in [5.41, 5.74) is -0.511. The lowest BCUT2D eigenvalue weighted by Gasteiger charge is -2.35. The number of piperidine rings is 1. The van der Waals surface area contributed by atoms with E-state index < -0.39 is 35.5 Å². The molecule has 0 spiro atoms. The fraction of sp³-hybridized carbons (Fsp3) is 0.444. The molecule has 1 atom stereocenters. The summed E-state index contributed by atoms with van der Waals surface area (Å²) in [6.45, 7) is 4.77. The van der Waals surface area contributed by atoms with Crippen LogP contribution in [0.4, 0.5) is 4.79 Å². The number of carbonyl (C=O) groups is 4. The van der Waals surface area contributed by atoms with Gasteiger partial charge in [-0.2, -0.15) is 4.90 Å². The quantitative estimate of drug-likeness (QED) is 0.329. The van der Waals surface area contributed by atoms with E-state index in [1.165, 1.54) is 4.90 Å². The predicted octanol–water partition coefficient (Wildman–Crippen LogP) is 4.71. The summed E-state index contributed by atoms with van der Waals surface area (Å²) in [5.74, 6) is -2.12. The number of amides is 4. The molecule has 0 bridgehead atoms. The van der Waals surface area contributed by atoms with E-state index in [0.29, 0.717) is 10.5 Å².